The fourth-order valence-corrected chi connectivity index (χ4v) is 3.76. The summed E-state index contributed by atoms with van der Waals surface area (Å²) in [6.07, 6.45) is 5.02. The molecule has 1 aromatic heterocycles. The highest BCUT2D eigenvalue weighted by Gasteiger charge is 2.35. The molecule has 0 saturated heterocycles. The van der Waals surface area contributed by atoms with E-state index in [0.717, 1.165) is 11.5 Å². The van der Waals surface area contributed by atoms with Gasteiger partial charge in [-0.15, -0.1) is 11.3 Å². The van der Waals surface area contributed by atoms with Crippen LogP contribution in [0.3, 0.4) is 0 Å². The van der Waals surface area contributed by atoms with Crippen molar-refractivity contribution in [1.82, 2.24) is 5.32 Å². The van der Waals surface area contributed by atoms with Crippen molar-refractivity contribution in [3.63, 3.8) is 0 Å². The van der Waals surface area contributed by atoms with Crippen LogP contribution in [0.5, 0.6) is 5.75 Å². The van der Waals surface area contributed by atoms with Crippen molar-refractivity contribution in [2.45, 2.75) is 39.5 Å². The topological polar surface area (TPSA) is 76.4 Å². The summed E-state index contributed by atoms with van der Waals surface area (Å²) in [4.78, 5) is 12.5. The number of anilines is 2. The molecule has 1 aliphatic carbocycles. The zero-order valence-corrected chi connectivity index (χ0v) is 13.9. The standard InChI is InChI=1S/C15H25N3O2S/c1-4-15(7-6-8-15)9-18-14-11(20-3)10(16)12(21-14)13(19)17-5-2/h18H,4-9,16H2,1-3H3,(H,17,19). The van der Waals surface area contributed by atoms with Crippen molar-refractivity contribution in [3.8, 4) is 5.75 Å². The monoisotopic (exact) mass is 311 g/mol. The van der Waals surface area contributed by atoms with Gasteiger partial charge in [-0.3, -0.25) is 4.79 Å². The fraction of sp³-hybridized carbons (Fsp3) is 0.667. The summed E-state index contributed by atoms with van der Waals surface area (Å²) >= 11 is 1.37. The van der Waals surface area contributed by atoms with E-state index in [4.69, 9.17) is 10.5 Å². The summed E-state index contributed by atoms with van der Waals surface area (Å²) in [7, 11) is 1.59. The van der Waals surface area contributed by atoms with E-state index in [9.17, 15) is 4.79 Å². The summed E-state index contributed by atoms with van der Waals surface area (Å²) in [5.74, 6) is 0.451. The molecule has 21 heavy (non-hydrogen) atoms. The molecule has 0 unspecified atom stereocenters. The molecule has 1 saturated carbocycles. The quantitative estimate of drug-likeness (QED) is 0.723. The molecule has 1 aromatic rings. The third kappa shape index (κ3) is 3.10. The fourth-order valence-electron chi connectivity index (χ4n) is 2.76. The van der Waals surface area contributed by atoms with Crippen molar-refractivity contribution in [2.24, 2.45) is 5.41 Å². The van der Waals surface area contributed by atoms with Gasteiger partial charge in [0.2, 0.25) is 0 Å². The van der Waals surface area contributed by atoms with Gasteiger partial charge < -0.3 is 21.1 Å². The Bertz CT molecular complexity index is 504. The molecule has 118 valence electrons. The van der Waals surface area contributed by atoms with Gasteiger partial charge in [-0.05, 0) is 31.6 Å². The zero-order valence-electron chi connectivity index (χ0n) is 13.0. The van der Waals surface area contributed by atoms with Gasteiger partial charge in [0.25, 0.3) is 5.91 Å². The van der Waals surface area contributed by atoms with Gasteiger partial charge in [-0.1, -0.05) is 13.3 Å². The van der Waals surface area contributed by atoms with Gasteiger partial charge in [-0.25, -0.2) is 0 Å². The van der Waals surface area contributed by atoms with Crippen molar-refractivity contribution in [1.29, 1.82) is 0 Å². The second-order valence-corrected chi connectivity index (χ2v) is 6.65. The minimum atomic E-state index is -0.139. The largest absolute Gasteiger partial charge is 0.492 e. The van der Waals surface area contributed by atoms with Gasteiger partial charge in [0.05, 0.1) is 7.11 Å². The number of hydrogen-bond donors (Lipinski definition) is 3. The molecule has 0 bridgehead atoms. The van der Waals surface area contributed by atoms with E-state index in [1.165, 1.54) is 37.0 Å². The molecule has 4 N–H and O–H groups in total. The Morgan fingerprint density at radius 1 is 1.43 bits per heavy atom. The number of carbonyl (C=O) groups is 1. The van der Waals surface area contributed by atoms with Gasteiger partial charge in [0, 0.05) is 13.1 Å². The molecule has 1 heterocycles. The average molecular weight is 311 g/mol. The number of nitrogens with two attached hydrogens (primary N) is 1. The molecule has 6 heteroatoms. The Morgan fingerprint density at radius 2 is 2.14 bits per heavy atom. The van der Waals surface area contributed by atoms with Crippen LogP contribution >= 0.6 is 11.3 Å². The first-order chi connectivity index (χ1) is 10.1. The van der Waals surface area contributed by atoms with E-state index in [2.05, 4.69) is 17.6 Å². The number of nitrogens with one attached hydrogen (secondary N) is 2. The Morgan fingerprint density at radius 3 is 2.62 bits per heavy atom. The van der Waals surface area contributed by atoms with Crippen LogP contribution in [0.25, 0.3) is 0 Å². The van der Waals surface area contributed by atoms with Crippen LogP contribution < -0.4 is 21.1 Å². The molecular formula is C15H25N3O2S. The molecule has 5 nitrogen and oxygen atoms in total. The number of rotatable bonds is 7. The lowest BCUT2D eigenvalue weighted by Gasteiger charge is -2.41. The first-order valence-corrected chi connectivity index (χ1v) is 8.37. The minimum absolute atomic E-state index is 0.139. The minimum Gasteiger partial charge on any atom is -0.492 e. The summed E-state index contributed by atoms with van der Waals surface area (Å²) in [6.45, 7) is 5.62. The van der Waals surface area contributed by atoms with Crippen molar-refractivity contribution in [2.75, 3.05) is 31.2 Å². The van der Waals surface area contributed by atoms with E-state index < -0.39 is 0 Å². The molecular weight excluding hydrogens is 286 g/mol. The third-order valence-electron chi connectivity index (χ3n) is 4.44. The van der Waals surface area contributed by atoms with Crippen LogP contribution in [-0.4, -0.2) is 26.1 Å². The maximum Gasteiger partial charge on any atom is 0.263 e. The van der Waals surface area contributed by atoms with Crippen LogP contribution in [-0.2, 0) is 0 Å². The number of ether oxygens (including phenoxy) is 1. The number of amides is 1. The predicted octanol–water partition coefficient (Wildman–Crippen LogP) is 3.08. The third-order valence-corrected chi connectivity index (χ3v) is 5.58. The lowest BCUT2D eigenvalue weighted by atomic mass is 9.67. The number of hydrogen-bond acceptors (Lipinski definition) is 5. The van der Waals surface area contributed by atoms with Gasteiger partial charge in [-0.2, -0.15) is 0 Å². The normalized spacial score (nSPS) is 16.1. The van der Waals surface area contributed by atoms with E-state index >= 15 is 0 Å². The van der Waals surface area contributed by atoms with E-state index in [1.54, 1.807) is 7.11 Å². The van der Waals surface area contributed by atoms with E-state index in [-0.39, 0.29) is 5.91 Å². The number of nitrogen functional groups attached to an aromatic ring is 1. The van der Waals surface area contributed by atoms with Crippen LogP contribution in [0, 0.1) is 5.41 Å². The van der Waals surface area contributed by atoms with E-state index in [1.807, 2.05) is 6.92 Å². The lowest BCUT2D eigenvalue weighted by Crippen LogP contribution is -2.35. The summed E-state index contributed by atoms with van der Waals surface area (Å²) in [5.41, 5.74) is 6.87. The maximum absolute atomic E-state index is 12.0. The van der Waals surface area contributed by atoms with Crippen LogP contribution in [0.4, 0.5) is 10.7 Å². The van der Waals surface area contributed by atoms with Crippen molar-refractivity contribution >= 4 is 27.9 Å². The Labute approximate surface area is 130 Å². The second kappa shape index (κ2) is 6.56. The van der Waals surface area contributed by atoms with Gasteiger partial charge >= 0.3 is 0 Å². The highest BCUT2D eigenvalue weighted by atomic mass is 32.1. The van der Waals surface area contributed by atoms with Crippen LogP contribution in [0.1, 0.15) is 49.2 Å². The number of methoxy groups -OCH3 is 1. The molecule has 0 spiro atoms. The molecule has 0 radical (unpaired) electrons. The van der Waals surface area contributed by atoms with Crippen LogP contribution in [0.2, 0.25) is 0 Å². The van der Waals surface area contributed by atoms with Crippen LogP contribution in [0.15, 0.2) is 0 Å². The maximum atomic E-state index is 12.0. The summed E-state index contributed by atoms with van der Waals surface area (Å²) in [6, 6.07) is 0. The highest BCUT2D eigenvalue weighted by molar-refractivity contribution is 7.19. The Hall–Kier alpha value is -1.43. The smallest absolute Gasteiger partial charge is 0.263 e. The Kier molecular flexibility index (Phi) is 4.98. The molecule has 1 amide bonds. The zero-order chi connectivity index (χ0) is 15.5. The number of thiophene rings is 1. The first-order valence-electron chi connectivity index (χ1n) is 7.55. The summed E-state index contributed by atoms with van der Waals surface area (Å²) in [5, 5.41) is 7.09. The van der Waals surface area contributed by atoms with E-state index in [0.29, 0.717) is 28.3 Å². The summed E-state index contributed by atoms with van der Waals surface area (Å²) < 4.78 is 5.38. The first kappa shape index (κ1) is 15.9. The SMILES string of the molecule is CCNC(=O)c1sc(NCC2(CC)CCC2)c(OC)c1N. The lowest BCUT2D eigenvalue weighted by molar-refractivity contribution is 0.0960. The molecule has 1 fully saturated rings. The van der Waals surface area contributed by atoms with Gasteiger partial charge in [0.15, 0.2) is 5.75 Å². The molecule has 1 aliphatic rings. The highest BCUT2D eigenvalue weighted by Crippen LogP contribution is 2.46. The molecule has 0 aromatic carbocycles. The van der Waals surface area contributed by atoms with Crippen molar-refractivity contribution < 1.29 is 9.53 Å². The number of carbonyl (C=O) groups excluding carboxylic acids is 1. The predicted molar refractivity (Wildman–Crippen MR) is 88.4 cm³/mol. The molecule has 0 atom stereocenters. The molecule has 0 aliphatic heterocycles. The Balaban J connectivity index is 2.15. The molecule has 2 rings (SSSR count). The average Bonchev–Trinajstić information content (AvgIpc) is 2.75. The van der Waals surface area contributed by atoms with Gasteiger partial charge in [0.1, 0.15) is 15.6 Å². The van der Waals surface area contributed by atoms with Crippen molar-refractivity contribution in [3.05, 3.63) is 4.88 Å². The second-order valence-electron chi connectivity index (χ2n) is 5.63.